The smallest absolute Gasteiger partial charge is 0.151 e. The fraction of sp³-hybridized carbons (Fsp3) is 1.00. The van der Waals surface area contributed by atoms with Crippen LogP contribution in [0.15, 0.2) is 0 Å². The third-order valence-corrected chi connectivity index (χ3v) is 5.65. The van der Waals surface area contributed by atoms with Gasteiger partial charge in [-0.2, -0.15) is 0 Å². The highest BCUT2D eigenvalue weighted by Gasteiger charge is 2.33. The first-order valence-electron chi connectivity index (χ1n) is 2.98. The van der Waals surface area contributed by atoms with Crippen LogP contribution < -0.4 is 0 Å². The second-order valence-electron chi connectivity index (χ2n) is 2.54. The number of sulfone groups is 1. The minimum atomic E-state index is -3.32. The Labute approximate surface area is 70.4 Å². The summed E-state index contributed by atoms with van der Waals surface area (Å²) in [6, 6.07) is 0. The predicted octanol–water partition coefficient (Wildman–Crippen LogP) is -0.607. The molecule has 0 aliphatic carbocycles. The summed E-state index contributed by atoms with van der Waals surface area (Å²) in [5.74, 6) is -0.238. The van der Waals surface area contributed by atoms with Gasteiger partial charge in [-0.1, -0.05) is 0 Å². The van der Waals surface area contributed by atoms with Gasteiger partial charge in [-0.25, -0.2) is 12.6 Å². The fourth-order valence-electron chi connectivity index (χ4n) is 0.996. The molecule has 1 heterocycles. The minimum absolute atomic E-state index is 0.00808. The van der Waals surface area contributed by atoms with Gasteiger partial charge in [0.05, 0.1) is 16.8 Å². The Bertz CT molecular complexity index is 338. The third kappa shape index (κ3) is 2.36. The van der Waals surface area contributed by atoms with Crippen LogP contribution in [-0.4, -0.2) is 33.9 Å². The van der Waals surface area contributed by atoms with E-state index in [2.05, 4.69) is 11.2 Å². The largest absolute Gasteiger partial charge is 0.305 e. The summed E-state index contributed by atoms with van der Waals surface area (Å²) in [6.45, 7) is 0. The Balaban J connectivity index is 2.87. The summed E-state index contributed by atoms with van der Waals surface area (Å²) in [5.41, 5.74) is 0. The zero-order valence-corrected chi connectivity index (χ0v) is 8.04. The Morgan fingerprint density at radius 1 is 1.55 bits per heavy atom. The van der Waals surface area contributed by atoms with Gasteiger partial charge in [-0.15, -0.1) is 0 Å². The van der Waals surface area contributed by atoms with E-state index in [1.807, 2.05) is 0 Å². The topological polar surface area (TPSA) is 71.4 Å². The van der Waals surface area contributed by atoms with Crippen LogP contribution in [0.3, 0.4) is 0 Å². The predicted molar refractivity (Wildman–Crippen MR) is 45.2 cm³/mol. The first kappa shape index (κ1) is 9.37. The molecule has 0 aromatic carbocycles. The van der Waals surface area contributed by atoms with E-state index in [4.69, 9.17) is 4.55 Å². The summed E-state index contributed by atoms with van der Waals surface area (Å²) < 4.78 is 41.2. The van der Waals surface area contributed by atoms with Crippen molar-refractivity contribution in [2.24, 2.45) is 0 Å². The van der Waals surface area contributed by atoms with Gasteiger partial charge < -0.3 is 4.55 Å². The third-order valence-electron chi connectivity index (χ3n) is 1.61. The van der Waals surface area contributed by atoms with Crippen LogP contribution in [0.1, 0.15) is 6.42 Å². The molecule has 1 N–H and O–H groups in total. The van der Waals surface area contributed by atoms with Crippen LogP contribution in [-0.2, 0) is 29.8 Å². The summed E-state index contributed by atoms with van der Waals surface area (Å²) in [7, 11) is -6.40. The highest BCUT2D eigenvalue weighted by atomic mass is 32.8. The maximum absolute atomic E-state index is 10.8. The lowest BCUT2D eigenvalue weighted by Crippen LogP contribution is -2.20. The molecule has 0 radical (unpaired) electrons. The highest BCUT2D eigenvalue weighted by Crippen LogP contribution is 2.17. The van der Waals surface area contributed by atoms with Crippen molar-refractivity contribution in [1.29, 1.82) is 0 Å². The molecule has 1 aliphatic rings. The molecule has 1 aliphatic heterocycles. The lowest BCUT2D eigenvalue weighted by Gasteiger charge is -2.03. The standard InChI is InChI=1S/C4H8O4S3/c5-10(6)2-1-4(3-10)11(7,8)9/h4H,1-3H2,(H,7,8,9). The Morgan fingerprint density at radius 3 is 2.27 bits per heavy atom. The molecule has 4 nitrogen and oxygen atoms in total. The SMILES string of the molecule is O=S1(=O)CCC(S(=O)(O)=S)C1. The van der Waals surface area contributed by atoms with Gasteiger partial charge in [0.2, 0.25) is 0 Å². The summed E-state index contributed by atoms with van der Waals surface area (Å²) in [4.78, 5) is 0. The van der Waals surface area contributed by atoms with Crippen molar-refractivity contribution in [3.05, 3.63) is 0 Å². The normalized spacial score (nSPS) is 34.8. The van der Waals surface area contributed by atoms with Gasteiger partial charge in [0.15, 0.2) is 9.84 Å². The molecule has 0 bridgehead atoms. The van der Waals surface area contributed by atoms with Crippen molar-refractivity contribution in [2.75, 3.05) is 11.5 Å². The maximum atomic E-state index is 10.8. The average Bonchev–Trinajstić information content (AvgIpc) is 2.07. The average molecular weight is 216 g/mol. The number of hydrogen-bond acceptors (Lipinski definition) is 4. The summed E-state index contributed by atoms with van der Waals surface area (Å²) >= 11 is 4.27. The Hall–Kier alpha value is 0.280. The molecule has 0 spiro atoms. The molecule has 2 atom stereocenters. The molecule has 1 fully saturated rings. The molecule has 1 rings (SSSR count). The van der Waals surface area contributed by atoms with Crippen LogP contribution in [0, 0.1) is 0 Å². The van der Waals surface area contributed by atoms with Crippen LogP contribution in [0.2, 0.25) is 0 Å². The van der Waals surface area contributed by atoms with Crippen molar-refractivity contribution in [3.63, 3.8) is 0 Å². The van der Waals surface area contributed by atoms with E-state index in [0.29, 0.717) is 0 Å². The van der Waals surface area contributed by atoms with Gasteiger partial charge in [0, 0.05) is 11.2 Å². The molecule has 2 unspecified atom stereocenters. The molecular weight excluding hydrogens is 208 g/mol. The molecule has 0 aromatic rings. The van der Waals surface area contributed by atoms with Crippen LogP contribution in [0.5, 0.6) is 0 Å². The van der Waals surface area contributed by atoms with E-state index in [1.165, 1.54) is 0 Å². The maximum Gasteiger partial charge on any atom is 0.151 e. The molecule has 0 aromatic heterocycles. The van der Waals surface area contributed by atoms with Crippen LogP contribution >= 0.6 is 0 Å². The molecular formula is C4H8O4S3. The van der Waals surface area contributed by atoms with Crippen molar-refractivity contribution < 1.29 is 17.2 Å². The lowest BCUT2D eigenvalue weighted by molar-refractivity contribution is 0.548. The Morgan fingerprint density at radius 2 is 2.09 bits per heavy atom. The first-order chi connectivity index (χ1) is 4.81. The van der Waals surface area contributed by atoms with E-state index in [0.717, 1.165) is 0 Å². The molecule has 7 heteroatoms. The quantitative estimate of drug-likeness (QED) is 0.633. The van der Waals surface area contributed by atoms with Crippen molar-refractivity contribution in [2.45, 2.75) is 11.7 Å². The van der Waals surface area contributed by atoms with Crippen LogP contribution in [0.25, 0.3) is 0 Å². The van der Waals surface area contributed by atoms with E-state index in [9.17, 15) is 12.6 Å². The molecule has 0 amide bonds. The molecule has 0 saturated carbocycles. The second-order valence-corrected chi connectivity index (χ2v) is 7.90. The van der Waals surface area contributed by atoms with Gasteiger partial charge >= 0.3 is 0 Å². The lowest BCUT2D eigenvalue weighted by atomic mass is 10.4. The number of hydrogen-bond donors (Lipinski definition) is 1. The molecule has 11 heavy (non-hydrogen) atoms. The summed E-state index contributed by atoms with van der Waals surface area (Å²) in [6.07, 6.45) is 0.223. The van der Waals surface area contributed by atoms with E-state index < -0.39 is 23.9 Å². The van der Waals surface area contributed by atoms with Gasteiger partial charge in [0.1, 0.15) is 8.77 Å². The van der Waals surface area contributed by atoms with Crippen LogP contribution in [0.4, 0.5) is 0 Å². The van der Waals surface area contributed by atoms with Crippen molar-refractivity contribution in [3.8, 4) is 0 Å². The zero-order chi connectivity index (χ0) is 8.70. The highest BCUT2D eigenvalue weighted by molar-refractivity contribution is 8.30. The van der Waals surface area contributed by atoms with Gasteiger partial charge in [-0.3, -0.25) is 0 Å². The second kappa shape index (κ2) is 2.65. The molecule has 1 saturated heterocycles. The fourth-order valence-corrected chi connectivity index (χ4v) is 5.20. The monoisotopic (exact) mass is 216 g/mol. The van der Waals surface area contributed by atoms with E-state index in [1.54, 1.807) is 0 Å². The van der Waals surface area contributed by atoms with Gasteiger partial charge in [-0.05, 0) is 6.42 Å². The van der Waals surface area contributed by atoms with Gasteiger partial charge in [0.25, 0.3) is 0 Å². The number of rotatable bonds is 1. The zero-order valence-electron chi connectivity index (χ0n) is 5.60. The molecule has 66 valence electrons. The summed E-state index contributed by atoms with van der Waals surface area (Å²) in [5, 5.41) is -0.734. The van der Waals surface area contributed by atoms with E-state index in [-0.39, 0.29) is 17.9 Å². The minimum Gasteiger partial charge on any atom is -0.305 e. The Kier molecular flexibility index (Phi) is 2.26. The first-order valence-corrected chi connectivity index (χ1v) is 7.30. The van der Waals surface area contributed by atoms with E-state index >= 15 is 0 Å². The van der Waals surface area contributed by atoms with Crippen molar-refractivity contribution >= 4 is 29.8 Å². The van der Waals surface area contributed by atoms with Crippen molar-refractivity contribution in [1.82, 2.24) is 0 Å².